The summed E-state index contributed by atoms with van der Waals surface area (Å²) in [7, 11) is 0. The van der Waals surface area contributed by atoms with Gasteiger partial charge in [0.2, 0.25) is 0 Å². The number of aryl methyl sites for hydroxylation is 1. The van der Waals surface area contributed by atoms with Crippen LogP contribution in [-0.2, 0) is 0 Å². The topological polar surface area (TPSA) is 12.4 Å². The second-order valence-corrected chi connectivity index (χ2v) is 3.56. The van der Waals surface area contributed by atoms with Crippen LogP contribution in [0.15, 0.2) is 53.6 Å². The highest BCUT2D eigenvalue weighted by Gasteiger charge is 1.98. The van der Waals surface area contributed by atoms with Crippen molar-refractivity contribution in [3.8, 4) is 0 Å². The fraction of sp³-hybridized carbons (Fsp3) is 0.214. The summed E-state index contributed by atoms with van der Waals surface area (Å²) >= 11 is 0. The number of hydrogen-bond donors (Lipinski definition) is 0. The molecule has 0 aliphatic carbocycles. The maximum absolute atomic E-state index is 4.58. The van der Waals surface area contributed by atoms with Crippen molar-refractivity contribution in [1.82, 2.24) is 0 Å². The zero-order chi connectivity index (χ0) is 11.3. The molecule has 0 saturated carbocycles. The van der Waals surface area contributed by atoms with Crippen LogP contribution in [0.4, 0.5) is 5.69 Å². The first-order valence-electron chi connectivity index (χ1n) is 5.08. The number of para-hydroxylation sites is 1. The Labute approximate surface area is 91.9 Å². The van der Waals surface area contributed by atoms with E-state index >= 15 is 0 Å². The van der Waals surface area contributed by atoms with Gasteiger partial charge in [0, 0.05) is 0 Å². The van der Waals surface area contributed by atoms with Crippen molar-refractivity contribution in [2.45, 2.75) is 20.8 Å². The molecule has 1 aromatic carbocycles. The van der Waals surface area contributed by atoms with Crippen LogP contribution in [0.3, 0.4) is 0 Å². The van der Waals surface area contributed by atoms with Crippen molar-refractivity contribution in [3.63, 3.8) is 0 Å². The van der Waals surface area contributed by atoms with Crippen LogP contribution in [0.1, 0.15) is 19.4 Å². The molecule has 0 aromatic heterocycles. The van der Waals surface area contributed by atoms with Crippen molar-refractivity contribution in [2.75, 3.05) is 0 Å². The SMILES string of the molecule is C=C(C)C(/C=C\C)=N\c1ccccc1C. The normalized spacial score (nSPS) is 12.1. The van der Waals surface area contributed by atoms with Gasteiger partial charge in [-0.25, -0.2) is 4.99 Å². The van der Waals surface area contributed by atoms with Crippen LogP contribution < -0.4 is 0 Å². The summed E-state index contributed by atoms with van der Waals surface area (Å²) in [6.45, 7) is 9.93. The van der Waals surface area contributed by atoms with E-state index in [4.69, 9.17) is 0 Å². The Balaban J connectivity index is 3.13. The minimum atomic E-state index is 0.937. The van der Waals surface area contributed by atoms with E-state index in [9.17, 15) is 0 Å². The highest BCUT2D eigenvalue weighted by Crippen LogP contribution is 2.18. The summed E-state index contributed by atoms with van der Waals surface area (Å²) in [5.41, 5.74) is 4.11. The maximum atomic E-state index is 4.58. The Kier molecular flexibility index (Phi) is 4.04. The molecule has 0 unspecified atom stereocenters. The van der Waals surface area contributed by atoms with Gasteiger partial charge in [-0.05, 0) is 44.1 Å². The summed E-state index contributed by atoms with van der Waals surface area (Å²) in [4.78, 5) is 4.58. The Morgan fingerprint density at radius 2 is 2.00 bits per heavy atom. The molecule has 0 spiro atoms. The van der Waals surface area contributed by atoms with Gasteiger partial charge in [-0.2, -0.15) is 0 Å². The molecule has 15 heavy (non-hydrogen) atoms. The quantitative estimate of drug-likeness (QED) is 0.646. The molecule has 0 amide bonds. The first-order valence-corrected chi connectivity index (χ1v) is 5.08. The molecule has 0 heterocycles. The van der Waals surface area contributed by atoms with E-state index in [1.165, 1.54) is 5.56 Å². The Morgan fingerprint density at radius 3 is 2.53 bits per heavy atom. The lowest BCUT2D eigenvalue weighted by molar-refractivity contribution is 1.39. The number of aliphatic imine (C=N–C) groups is 1. The smallest absolute Gasteiger partial charge is 0.0666 e. The van der Waals surface area contributed by atoms with Gasteiger partial charge in [0.25, 0.3) is 0 Å². The lowest BCUT2D eigenvalue weighted by Crippen LogP contribution is -1.93. The van der Waals surface area contributed by atoms with Crippen LogP contribution in [-0.4, -0.2) is 5.71 Å². The summed E-state index contributed by atoms with van der Waals surface area (Å²) in [6.07, 6.45) is 3.96. The second-order valence-electron chi connectivity index (χ2n) is 3.56. The third kappa shape index (κ3) is 3.21. The number of nitrogens with zero attached hydrogens (tertiary/aromatic N) is 1. The van der Waals surface area contributed by atoms with Crippen LogP contribution in [0.5, 0.6) is 0 Å². The van der Waals surface area contributed by atoms with Crippen molar-refractivity contribution >= 4 is 11.4 Å². The lowest BCUT2D eigenvalue weighted by atomic mass is 10.1. The number of rotatable bonds is 3. The largest absolute Gasteiger partial charge is 0.249 e. The average molecular weight is 199 g/mol. The lowest BCUT2D eigenvalue weighted by Gasteiger charge is -2.03. The van der Waals surface area contributed by atoms with Crippen molar-refractivity contribution in [1.29, 1.82) is 0 Å². The number of benzene rings is 1. The predicted molar refractivity (Wildman–Crippen MR) is 67.9 cm³/mol. The molecule has 0 N–H and O–H groups in total. The average Bonchev–Trinajstić information content (AvgIpc) is 2.20. The number of hydrogen-bond acceptors (Lipinski definition) is 1. The molecule has 0 fully saturated rings. The van der Waals surface area contributed by atoms with Gasteiger partial charge >= 0.3 is 0 Å². The van der Waals surface area contributed by atoms with E-state index in [2.05, 4.69) is 24.6 Å². The van der Waals surface area contributed by atoms with Gasteiger partial charge in [-0.3, -0.25) is 0 Å². The first-order chi connectivity index (χ1) is 7.15. The highest BCUT2D eigenvalue weighted by molar-refractivity contribution is 6.08. The van der Waals surface area contributed by atoms with E-state index < -0.39 is 0 Å². The molecular weight excluding hydrogens is 182 g/mol. The molecular formula is C14H17N. The summed E-state index contributed by atoms with van der Waals surface area (Å²) in [5.74, 6) is 0. The minimum absolute atomic E-state index is 0.937. The molecule has 1 nitrogen and oxygen atoms in total. The maximum Gasteiger partial charge on any atom is 0.0666 e. The molecule has 0 radical (unpaired) electrons. The van der Waals surface area contributed by atoms with Crippen molar-refractivity contribution in [3.05, 3.63) is 54.1 Å². The molecule has 0 saturated heterocycles. The summed E-state index contributed by atoms with van der Waals surface area (Å²) in [6, 6.07) is 8.09. The highest BCUT2D eigenvalue weighted by atomic mass is 14.7. The molecule has 1 rings (SSSR count). The standard InChI is InChI=1S/C14H17N/c1-5-8-13(11(2)3)15-14-10-7-6-9-12(14)4/h5-10H,2H2,1,3-4H3/b8-5-,15-13-. The van der Waals surface area contributed by atoms with Gasteiger partial charge < -0.3 is 0 Å². The molecule has 1 heteroatoms. The van der Waals surface area contributed by atoms with Crippen LogP contribution in [0.2, 0.25) is 0 Å². The van der Waals surface area contributed by atoms with Crippen LogP contribution in [0.25, 0.3) is 0 Å². The van der Waals surface area contributed by atoms with Crippen molar-refractivity contribution in [2.24, 2.45) is 4.99 Å². The monoisotopic (exact) mass is 199 g/mol. The van der Waals surface area contributed by atoms with Gasteiger partial charge in [-0.15, -0.1) is 0 Å². The third-order valence-corrected chi connectivity index (χ3v) is 2.12. The zero-order valence-corrected chi connectivity index (χ0v) is 9.62. The Morgan fingerprint density at radius 1 is 1.33 bits per heavy atom. The fourth-order valence-electron chi connectivity index (χ4n) is 1.25. The van der Waals surface area contributed by atoms with E-state index in [0.717, 1.165) is 17.0 Å². The van der Waals surface area contributed by atoms with Crippen LogP contribution >= 0.6 is 0 Å². The zero-order valence-electron chi connectivity index (χ0n) is 9.62. The molecule has 0 aliphatic rings. The van der Waals surface area contributed by atoms with Gasteiger partial charge in [0.15, 0.2) is 0 Å². The van der Waals surface area contributed by atoms with Crippen molar-refractivity contribution < 1.29 is 0 Å². The van der Waals surface area contributed by atoms with E-state index in [0.29, 0.717) is 0 Å². The third-order valence-electron chi connectivity index (χ3n) is 2.12. The summed E-state index contributed by atoms with van der Waals surface area (Å²) < 4.78 is 0. The first kappa shape index (κ1) is 11.4. The van der Waals surface area contributed by atoms with Gasteiger partial charge in [-0.1, -0.05) is 30.9 Å². The van der Waals surface area contributed by atoms with E-state index in [1.54, 1.807) is 0 Å². The van der Waals surface area contributed by atoms with E-state index in [-0.39, 0.29) is 0 Å². The van der Waals surface area contributed by atoms with Gasteiger partial charge in [0.05, 0.1) is 11.4 Å². The molecule has 78 valence electrons. The minimum Gasteiger partial charge on any atom is -0.249 e. The van der Waals surface area contributed by atoms with Gasteiger partial charge in [0.1, 0.15) is 0 Å². The van der Waals surface area contributed by atoms with E-state index in [1.807, 2.05) is 44.2 Å². The molecule has 1 aromatic rings. The second kappa shape index (κ2) is 5.30. The molecule has 0 atom stereocenters. The fourth-order valence-corrected chi connectivity index (χ4v) is 1.25. The Hall–Kier alpha value is -1.63. The summed E-state index contributed by atoms with van der Waals surface area (Å²) in [5, 5.41) is 0. The molecule has 0 aliphatic heterocycles. The van der Waals surface area contributed by atoms with Crippen LogP contribution in [0, 0.1) is 6.92 Å². The molecule has 0 bridgehead atoms. The Bertz CT molecular complexity index is 411. The predicted octanol–water partition coefficient (Wildman–Crippen LogP) is 4.22. The number of allylic oxidation sites excluding steroid dienone is 3.